The van der Waals surface area contributed by atoms with Crippen LogP contribution in [0.5, 0.6) is 5.75 Å². The number of fused-ring (bicyclic) bond motifs is 2. The van der Waals surface area contributed by atoms with E-state index in [9.17, 15) is 4.79 Å². The average Bonchev–Trinajstić information content (AvgIpc) is 3.02. The Bertz CT molecular complexity index is 954. The Morgan fingerprint density at radius 1 is 0.893 bits per heavy atom. The van der Waals surface area contributed by atoms with Gasteiger partial charge in [-0.1, -0.05) is 45.9 Å². The molecule has 1 atom stereocenters. The van der Waals surface area contributed by atoms with E-state index in [2.05, 4.69) is 52.8 Å². The summed E-state index contributed by atoms with van der Waals surface area (Å²) in [6, 6.07) is 12.6. The first kappa shape index (κ1) is 19.0. The van der Waals surface area contributed by atoms with E-state index in [1.54, 1.807) is 6.07 Å². The second-order valence-electron chi connectivity index (χ2n) is 9.85. The third-order valence-corrected chi connectivity index (χ3v) is 7.00. The molecular weight excluding hydrogens is 348 g/mol. The van der Waals surface area contributed by atoms with Crippen LogP contribution in [0.4, 0.5) is 0 Å². The van der Waals surface area contributed by atoms with Crippen molar-refractivity contribution in [3.63, 3.8) is 0 Å². The smallest absolute Gasteiger partial charge is 0.337 e. The van der Waals surface area contributed by atoms with Crippen LogP contribution < -0.4 is 4.74 Å². The highest BCUT2D eigenvalue weighted by Gasteiger charge is 2.42. The van der Waals surface area contributed by atoms with Crippen molar-refractivity contribution in [2.75, 3.05) is 13.7 Å². The van der Waals surface area contributed by atoms with Crippen molar-refractivity contribution in [3.8, 4) is 5.75 Å². The van der Waals surface area contributed by atoms with Gasteiger partial charge in [-0.2, -0.15) is 0 Å². The van der Waals surface area contributed by atoms with Crippen LogP contribution in [0.25, 0.3) is 0 Å². The molecule has 0 spiro atoms. The maximum Gasteiger partial charge on any atom is 0.337 e. The van der Waals surface area contributed by atoms with Gasteiger partial charge in [-0.15, -0.1) is 0 Å². The minimum atomic E-state index is -0.314. The third kappa shape index (κ3) is 2.75. The molecule has 2 aromatic carbocycles. The minimum Gasteiger partial charge on any atom is -0.492 e. The van der Waals surface area contributed by atoms with Crippen LogP contribution in [-0.4, -0.2) is 19.7 Å². The Hall–Kier alpha value is -2.29. The summed E-state index contributed by atoms with van der Waals surface area (Å²) in [6.45, 7) is 12.2. The molecule has 4 rings (SSSR count). The zero-order valence-electron chi connectivity index (χ0n) is 17.8. The van der Waals surface area contributed by atoms with Crippen molar-refractivity contribution in [2.24, 2.45) is 0 Å². The molecule has 3 heteroatoms. The van der Waals surface area contributed by atoms with Gasteiger partial charge in [0, 0.05) is 5.56 Å². The van der Waals surface area contributed by atoms with Gasteiger partial charge in [0.2, 0.25) is 0 Å². The maximum atomic E-state index is 12.0. The summed E-state index contributed by atoms with van der Waals surface area (Å²) in [5, 5.41) is 0. The van der Waals surface area contributed by atoms with E-state index in [0.717, 1.165) is 11.3 Å². The van der Waals surface area contributed by atoms with Gasteiger partial charge in [0.1, 0.15) is 12.4 Å². The van der Waals surface area contributed by atoms with Gasteiger partial charge in [0.05, 0.1) is 18.1 Å². The van der Waals surface area contributed by atoms with Crippen LogP contribution >= 0.6 is 0 Å². The summed E-state index contributed by atoms with van der Waals surface area (Å²) < 4.78 is 10.9. The van der Waals surface area contributed by atoms with Gasteiger partial charge in [-0.25, -0.2) is 4.79 Å². The van der Waals surface area contributed by atoms with Gasteiger partial charge in [-0.05, 0) is 65.5 Å². The summed E-state index contributed by atoms with van der Waals surface area (Å²) in [5.41, 5.74) is 5.85. The summed E-state index contributed by atoms with van der Waals surface area (Å²) in [4.78, 5) is 12.0. The molecule has 0 bridgehead atoms. The molecule has 0 saturated heterocycles. The summed E-state index contributed by atoms with van der Waals surface area (Å²) in [5.74, 6) is 0.540. The number of carbonyl (C=O) groups is 1. The molecule has 0 amide bonds. The molecule has 1 aliphatic heterocycles. The standard InChI is InChI=1S/C25H30O3/c1-23(2)11-12-24(3,4)19-14-17(8-9-18(19)23)25(5)15-28-21-10-7-16(13-20(21)25)22(26)27-6/h7-10,13-14H,11-12,15H2,1-6H3/t25-/m1/s1. The third-order valence-electron chi connectivity index (χ3n) is 7.00. The lowest BCUT2D eigenvalue weighted by molar-refractivity contribution is 0.0600. The molecule has 1 aliphatic carbocycles. The summed E-state index contributed by atoms with van der Waals surface area (Å²) in [7, 11) is 1.42. The first-order chi connectivity index (χ1) is 13.1. The molecule has 2 aliphatic rings. The molecule has 0 fully saturated rings. The predicted octanol–water partition coefficient (Wildman–Crippen LogP) is 5.52. The van der Waals surface area contributed by atoms with Gasteiger partial charge in [0.25, 0.3) is 0 Å². The Balaban J connectivity index is 1.85. The van der Waals surface area contributed by atoms with Crippen molar-refractivity contribution in [1.29, 1.82) is 0 Å². The quantitative estimate of drug-likeness (QED) is 0.646. The first-order valence-corrected chi connectivity index (χ1v) is 10.1. The highest BCUT2D eigenvalue weighted by Crippen LogP contribution is 2.49. The summed E-state index contributed by atoms with van der Waals surface area (Å²) in [6.07, 6.45) is 2.39. The lowest BCUT2D eigenvalue weighted by Gasteiger charge is -2.42. The van der Waals surface area contributed by atoms with E-state index in [1.165, 1.54) is 36.6 Å². The van der Waals surface area contributed by atoms with Crippen LogP contribution in [0.2, 0.25) is 0 Å². The van der Waals surface area contributed by atoms with E-state index in [-0.39, 0.29) is 22.2 Å². The lowest BCUT2D eigenvalue weighted by atomic mass is 9.62. The second kappa shape index (κ2) is 6.10. The Morgan fingerprint density at radius 3 is 2.25 bits per heavy atom. The van der Waals surface area contributed by atoms with E-state index >= 15 is 0 Å². The lowest BCUT2D eigenvalue weighted by Crippen LogP contribution is -2.35. The SMILES string of the molecule is COC(=O)c1ccc2c(c1)[C@@](C)(c1ccc3c(c1)C(C)(C)CCC3(C)C)CO2. The summed E-state index contributed by atoms with van der Waals surface area (Å²) >= 11 is 0. The number of ether oxygens (including phenoxy) is 2. The van der Waals surface area contributed by atoms with Crippen molar-refractivity contribution < 1.29 is 14.3 Å². The molecule has 2 aromatic rings. The normalized spacial score (nSPS) is 24.1. The van der Waals surface area contributed by atoms with Gasteiger partial charge < -0.3 is 9.47 Å². The van der Waals surface area contributed by atoms with Crippen molar-refractivity contribution in [3.05, 3.63) is 64.2 Å². The molecular formula is C25H30O3. The van der Waals surface area contributed by atoms with Gasteiger partial charge in [-0.3, -0.25) is 0 Å². The largest absolute Gasteiger partial charge is 0.492 e. The highest BCUT2D eigenvalue weighted by molar-refractivity contribution is 5.90. The fourth-order valence-corrected chi connectivity index (χ4v) is 4.80. The van der Waals surface area contributed by atoms with Crippen LogP contribution in [0, 0.1) is 0 Å². The van der Waals surface area contributed by atoms with E-state index < -0.39 is 0 Å². The van der Waals surface area contributed by atoms with E-state index in [4.69, 9.17) is 9.47 Å². The number of esters is 1. The predicted molar refractivity (Wildman–Crippen MR) is 111 cm³/mol. The molecule has 148 valence electrons. The van der Waals surface area contributed by atoms with E-state index in [1.807, 2.05) is 12.1 Å². The number of hydrogen-bond acceptors (Lipinski definition) is 3. The zero-order chi connectivity index (χ0) is 20.3. The number of benzene rings is 2. The van der Waals surface area contributed by atoms with Crippen LogP contribution in [0.1, 0.15) is 80.1 Å². The molecule has 0 N–H and O–H groups in total. The van der Waals surface area contributed by atoms with Crippen molar-refractivity contribution in [2.45, 2.75) is 63.7 Å². The molecule has 1 heterocycles. The van der Waals surface area contributed by atoms with Crippen LogP contribution in [-0.2, 0) is 21.0 Å². The number of carbonyl (C=O) groups excluding carboxylic acids is 1. The fourth-order valence-electron chi connectivity index (χ4n) is 4.80. The fraction of sp³-hybridized carbons (Fsp3) is 0.480. The molecule has 28 heavy (non-hydrogen) atoms. The molecule has 0 radical (unpaired) electrons. The molecule has 0 aromatic heterocycles. The number of rotatable bonds is 2. The topological polar surface area (TPSA) is 35.5 Å². The Labute approximate surface area is 168 Å². The second-order valence-corrected chi connectivity index (χ2v) is 9.85. The number of methoxy groups -OCH3 is 1. The highest BCUT2D eigenvalue weighted by atomic mass is 16.5. The average molecular weight is 379 g/mol. The molecule has 3 nitrogen and oxygen atoms in total. The zero-order valence-corrected chi connectivity index (χ0v) is 17.8. The monoisotopic (exact) mass is 378 g/mol. The Morgan fingerprint density at radius 2 is 1.57 bits per heavy atom. The van der Waals surface area contributed by atoms with Crippen molar-refractivity contribution in [1.82, 2.24) is 0 Å². The van der Waals surface area contributed by atoms with Crippen LogP contribution in [0.3, 0.4) is 0 Å². The maximum absolute atomic E-state index is 12.0. The minimum absolute atomic E-state index is 0.160. The number of hydrogen-bond donors (Lipinski definition) is 0. The van der Waals surface area contributed by atoms with Crippen LogP contribution in [0.15, 0.2) is 36.4 Å². The molecule has 0 saturated carbocycles. The molecule has 0 unspecified atom stereocenters. The van der Waals surface area contributed by atoms with Gasteiger partial charge in [0.15, 0.2) is 0 Å². The van der Waals surface area contributed by atoms with Gasteiger partial charge >= 0.3 is 5.97 Å². The Kier molecular flexibility index (Phi) is 4.15. The van der Waals surface area contributed by atoms with E-state index in [0.29, 0.717) is 12.2 Å². The van der Waals surface area contributed by atoms with Crippen molar-refractivity contribution >= 4 is 5.97 Å². The first-order valence-electron chi connectivity index (χ1n) is 10.1.